The van der Waals surface area contributed by atoms with Crippen molar-refractivity contribution in [2.75, 3.05) is 4.72 Å². The van der Waals surface area contributed by atoms with Crippen molar-refractivity contribution in [2.45, 2.75) is 18.5 Å². The van der Waals surface area contributed by atoms with Crippen LogP contribution >= 0.6 is 0 Å². The number of benzene rings is 1. The summed E-state index contributed by atoms with van der Waals surface area (Å²) in [6.45, 7) is 2.30. The number of sulfonamides is 1. The normalized spacial score (nSPS) is 11.9. The number of nitrogens with one attached hydrogen (secondary N) is 2. The highest BCUT2D eigenvalue weighted by molar-refractivity contribution is 7.92. The number of anilines is 1. The van der Waals surface area contributed by atoms with Crippen LogP contribution in [0.1, 0.15) is 6.92 Å². The van der Waals surface area contributed by atoms with Crippen LogP contribution in [-0.4, -0.2) is 23.0 Å². The molecule has 0 bridgehead atoms. The molecule has 0 fully saturated rings. The van der Waals surface area contributed by atoms with Crippen molar-refractivity contribution in [3.63, 3.8) is 0 Å². The Morgan fingerprint density at radius 2 is 2.24 bits per heavy atom. The molecule has 21 heavy (non-hydrogen) atoms. The molecule has 3 aromatic rings. The quantitative estimate of drug-likeness (QED) is 0.751. The van der Waals surface area contributed by atoms with Crippen LogP contribution in [0.2, 0.25) is 0 Å². The zero-order valence-electron chi connectivity index (χ0n) is 11.0. The summed E-state index contributed by atoms with van der Waals surface area (Å²) >= 11 is 0. The third-order valence-electron chi connectivity index (χ3n) is 3.00. The Labute approximate surface area is 119 Å². The Bertz CT molecular complexity index is 937. The monoisotopic (exact) mass is 308 g/mol. The standard InChI is InChI=1S/C12H12N4O4S/c1-2-16-9-4-3-8(5-10(9)20-12(16)17)15-21(18,19)11-6-13-7-14-11/h3-7,15H,2H2,1H3,(H,13,14). The minimum absolute atomic E-state index is 0.0461. The molecule has 0 spiro atoms. The van der Waals surface area contributed by atoms with Crippen molar-refractivity contribution in [3.8, 4) is 0 Å². The van der Waals surface area contributed by atoms with Gasteiger partial charge in [-0.05, 0) is 19.1 Å². The molecule has 0 saturated heterocycles. The lowest BCUT2D eigenvalue weighted by molar-refractivity contribution is 0.513. The molecule has 0 aliphatic carbocycles. The van der Waals surface area contributed by atoms with Gasteiger partial charge in [0.25, 0.3) is 10.0 Å². The molecule has 2 N–H and O–H groups in total. The van der Waals surface area contributed by atoms with Gasteiger partial charge in [0.05, 0.1) is 23.7 Å². The molecular formula is C12H12N4O4S. The van der Waals surface area contributed by atoms with E-state index in [0.717, 1.165) is 0 Å². The minimum atomic E-state index is -3.74. The van der Waals surface area contributed by atoms with Gasteiger partial charge in [0.2, 0.25) is 0 Å². The molecule has 9 heteroatoms. The van der Waals surface area contributed by atoms with Gasteiger partial charge in [-0.3, -0.25) is 9.29 Å². The number of rotatable bonds is 4. The molecule has 0 aliphatic rings. The second-order valence-corrected chi connectivity index (χ2v) is 5.97. The number of aromatic nitrogens is 3. The number of aromatic amines is 1. The van der Waals surface area contributed by atoms with E-state index in [4.69, 9.17) is 4.42 Å². The Balaban J connectivity index is 2.01. The molecule has 8 nitrogen and oxygen atoms in total. The van der Waals surface area contributed by atoms with Crippen LogP contribution in [-0.2, 0) is 16.6 Å². The number of imidazole rings is 1. The van der Waals surface area contributed by atoms with Crippen LogP contribution in [0.25, 0.3) is 11.1 Å². The van der Waals surface area contributed by atoms with Crippen LogP contribution in [0.4, 0.5) is 5.69 Å². The molecular weight excluding hydrogens is 296 g/mol. The van der Waals surface area contributed by atoms with Crippen LogP contribution in [0, 0.1) is 0 Å². The molecule has 1 aromatic carbocycles. The molecule has 2 aromatic heterocycles. The number of nitrogens with zero attached hydrogens (tertiary/aromatic N) is 2. The van der Waals surface area contributed by atoms with E-state index < -0.39 is 15.8 Å². The third-order valence-corrected chi connectivity index (χ3v) is 4.31. The van der Waals surface area contributed by atoms with Gasteiger partial charge in [0.15, 0.2) is 10.6 Å². The Morgan fingerprint density at radius 3 is 2.90 bits per heavy atom. The van der Waals surface area contributed by atoms with Crippen LogP contribution in [0.15, 0.2) is 45.0 Å². The fourth-order valence-corrected chi connectivity index (χ4v) is 2.98. The summed E-state index contributed by atoms with van der Waals surface area (Å²) < 4.78 is 33.0. The summed E-state index contributed by atoms with van der Waals surface area (Å²) in [4.78, 5) is 17.8. The zero-order valence-corrected chi connectivity index (χ0v) is 11.8. The predicted octanol–water partition coefficient (Wildman–Crippen LogP) is 1.14. The Morgan fingerprint density at radius 1 is 1.43 bits per heavy atom. The first-order chi connectivity index (χ1) is 10.0. The van der Waals surface area contributed by atoms with Gasteiger partial charge in [-0.15, -0.1) is 0 Å². The molecule has 0 saturated carbocycles. The van der Waals surface area contributed by atoms with E-state index in [0.29, 0.717) is 23.3 Å². The summed E-state index contributed by atoms with van der Waals surface area (Å²) in [5.74, 6) is -0.471. The van der Waals surface area contributed by atoms with E-state index >= 15 is 0 Å². The number of aryl methyl sites for hydroxylation is 1. The maximum atomic E-state index is 12.0. The second kappa shape index (κ2) is 4.77. The minimum Gasteiger partial charge on any atom is -0.408 e. The number of hydrogen-bond donors (Lipinski definition) is 2. The van der Waals surface area contributed by atoms with Gasteiger partial charge in [0, 0.05) is 12.6 Å². The van der Waals surface area contributed by atoms with Gasteiger partial charge >= 0.3 is 5.76 Å². The first-order valence-electron chi connectivity index (χ1n) is 6.16. The summed E-state index contributed by atoms with van der Waals surface area (Å²) in [6.07, 6.45) is 2.48. The second-order valence-electron chi connectivity index (χ2n) is 4.32. The molecule has 2 heterocycles. The predicted molar refractivity (Wildman–Crippen MR) is 75.5 cm³/mol. The number of hydrogen-bond acceptors (Lipinski definition) is 5. The fourth-order valence-electron chi connectivity index (χ4n) is 2.03. The molecule has 0 atom stereocenters. The highest BCUT2D eigenvalue weighted by Gasteiger charge is 2.16. The molecule has 0 radical (unpaired) electrons. The topological polar surface area (TPSA) is 110 Å². The fraction of sp³-hybridized carbons (Fsp3) is 0.167. The maximum Gasteiger partial charge on any atom is 0.419 e. The van der Waals surface area contributed by atoms with Crippen LogP contribution < -0.4 is 10.5 Å². The SMILES string of the molecule is CCn1c(=O)oc2cc(NS(=O)(=O)c3cnc[nH]3)ccc21. The van der Waals surface area contributed by atoms with Crippen molar-refractivity contribution >= 4 is 26.8 Å². The maximum absolute atomic E-state index is 12.0. The summed E-state index contributed by atoms with van der Waals surface area (Å²) in [6, 6.07) is 4.67. The van der Waals surface area contributed by atoms with Crippen molar-refractivity contribution < 1.29 is 12.8 Å². The first kappa shape index (κ1) is 13.4. The van der Waals surface area contributed by atoms with Crippen molar-refractivity contribution in [3.05, 3.63) is 41.3 Å². The Hall–Kier alpha value is -2.55. The highest BCUT2D eigenvalue weighted by Crippen LogP contribution is 2.20. The van der Waals surface area contributed by atoms with E-state index in [1.807, 2.05) is 6.92 Å². The first-order valence-corrected chi connectivity index (χ1v) is 7.64. The van der Waals surface area contributed by atoms with Crippen molar-refractivity contribution in [1.82, 2.24) is 14.5 Å². The number of oxazole rings is 1. The van der Waals surface area contributed by atoms with Gasteiger partial charge < -0.3 is 9.40 Å². The van der Waals surface area contributed by atoms with Gasteiger partial charge in [-0.25, -0.2) is 9.78 Å². The summed E-state index contributed by atoms with van der Waals surface area (Å²) in [5.41, 5.74) is 1.24. The smallest absolute Gasteiger partial charge is 0.408 e. The molecule has 110 valence electrons. The van der Waals surface area contributed by atoms with E-state index in [9.17, 15) is 13.2 Å². The average Bonchev–Trinajstić information content (AvgIpc) is 3.04. The third kappa shape index (κ3) is 2.31. The lowest BCUT2D eigenvalue weighted by Gasteiger charge is -2.05. The average molecular weight is 308 g/mol. The molecule has 0 aliphatic heterocycles. The summed E-state index contributed by atoms with van der Waals surface area (Å²) in [5, 5.41) is -0.0461. The van der Waals surface area contributed by atoms with Gasteiger partial charge in [-0.1, -0.05) is 0 Å². The van der Waals surface area contributed by atoms with Crippen molar-refractivity contribution in [2.24, 2.45) is 0 Å². The number of fused-ring (bicyclic) bond motifs is 1. The summed E-state index contributed by atoms with van der Waals surface area (Å²) in [7, 11) is -3.74. The lowest BCUT2D eigenvalue weighted by atomic mass is 10.3. The lowest BCUT2D eigenvalue weighted by Crippen LogP contribution is -2.13. The van der Waals surface area contributed by atoms with Gasteiger partial charge in [0.1, 0.15) is 0 Å². The van der Waals surface area contributed by atoms with Crippen LogP contribution in [0.5, 0.6) is 0 Å². The van der Waals surface area contributed by atoms with E-state index in [2.05, 4.69) is 14.7 Å². The van der Waals surface area contributed by atoms with E-state index in [-0.39, 0.29) is 5.03 Å². The van der Waals surface area contributed by atoms with E-state index in [1.165, 1.54) is 23.2 Å². The van der Waals surface area contributed by atoms with Crippen molar-refractivity contribution in [1.29, 1.82) is 0 Å². The largest absolute Gasteiger partial charge is 0.419 e. The zero-order chi connectivity index (χ0) is 15.0. The van der Waals surface area contributed by atoms with E-state index in [1.54, 1.807) is 12.1 Å². The molecule has 0 unspecified atom stereocenters. The Kier molecular flexibility index (Phi) is 3.05. The van der Waals surface area contributed by atoms with Crippen LogP contribution in [0.3, 0.4) is 0 Å². The highest BCUT2D eigenvalue weighted by atomic mass is 32.2. The van der Waals surface area contributed by atoms with Gasteiger partial charge in [-0.2, -0.15) is 8.42 Å². The molecule has 0 amide bonds. The number of H-pyrrole nitrogens is 1. The molecule has 3 rings (SSSR count).